The highest BCUT2D eigenvalue weighted by Crippen LogP contribution is 2.30. The zero-order valence-corrected chi connectivity index (χ0v) is 14.2. The maximum atomic E-state index is 12.3. The van der Waals surface area contributed by atoms with E-state index in [0.717, 1.165) is 0 Å². The Balaban J connectivity index is 2.12. The summed E-state index contributed by atoms with van der Waals surface area (Å²) in [5.74, 6) is -1.22. The smallest absolute Gasteiger partial charge is 0.387 e. The fourth-order valence-corrected chi connectivity index (χ4v) is 2.13. The lowest BCUT2D eigenvalue weighted by molar-refractivity contribution is -0.139. The molecule has 0 heterocycles. The summed E-state index contributed by atoms with van der Waals surface area (Å²) in [6.45, 7) is -3.49. The maximum absolute atomic E-state index is 12.3. The molecule has 0 aromatic heterocycles. The first kappa shape index (κ1) is 19.9. The van der Waals surface area contributed by atoms with Gasteiger partial charge in [0.2, 0.25) is 0 Å². The van der Waals surface area contributed by atoms with Crippen LogP contribution in [0.15, 0.2) is 48.5 Å². The second-order valence-electron chi connectivity index (χ2n) is 5.20. The largest absolute Gasteiger partial charge is 0.493 e. The highest BCUT2D eigenvalue weighted by Gasteiger charge is 2.11. The molecular weight excluding hydrogens is 362 g/mol. The minimum Gasteiger partial charge on any atom is -0.493 e. The quantitative estimate of drug-likeness (QED) is 0.530. The normalized spacial score (nSPS) is 10.8. The minimum absolute atomic E-state index is 0.106. The first-order chi connectivity index (χ1) is 12.9. The molecule has 0 fully saturated rings. The topological polar surface area (TPSA) is 82.1 Å². The van der Waals surface area contributed by atoms with Gasteiger partial charge in [-0.1, -0.05) is 24.3 Å². The SMILES string of the molecule is COc1cc(/C=C/C(=O)c2cccc(OCC(=O)O)c2)ccc1OC(F)F. The Hall–Kier alpha value is -3.42. The molecule has 0 aliphatic carbocycles. The molecule has 0 atom stereocenters. The molecule has 0 unspecified atom stereocenters. The molecule has 6 nitrogen and oxygen atoms in total. The van der Waals surface area contributed by atoms with E-state index in [0.29, 0.717) is 11.1 Å². The number of hydrogen-bond donors (Lipinski definition) is 1. The average Bonchev–Trinajstić information content (AvgIpc) is 2.65. The van der Waals surface area contributed by atoms with Gasteiger partial charge >= 0.3 is 12.6 Å². The Bertz CT molecular complexity index is 848. The molecule has 142 valence electrons. The molecule has 0 aliphatic rings. The molecule has 1 N–H and O–H groups in total. The number of carbonyl (C=O) groups is 2. The van der Waals surface area contributed by atoms with E-state index in [1.807, 2.05) is 0 Å². The van der Waals surface area contributed by atoms with Gasteiger partial charge in [-0.25, -0.2) is 4.79 Å². The maximum Gasteiger partial charge on any atom is 0.387 e. The van der Waals surface area contributed by atoms with Crippen molar-refractivity contribution in [2.75, 3.05) is 13.7 Å². The number of carbonyl (C=O) groups excluding carboxylic acids is 1. The van der Waals surface area contributed by atoms with Crippen molar-refractivity contribution in [3.05, 3.63) is 59.7 Å². The zero-order chi connectivity index (χ0) is 19.8. The van der Waals surface area contributed by atoms with E-state index < -0.39 is 19.2 Å². The number of benzene rings is 2. The second kappa shape index (κ2) is 9.33. The summed E-state index contributed by atoms with van der Waals surface area (Å²) >= 11 is 0. The number of carboxylic acids is 1. The zero-order valence-electron chi connectivity index (χ0n) is 14.2. The van der Waals surface area contributed by atoms with Gasteiger partial charge in [0.05, 0.1) is 7.11 Å². The molecule has 0 amide bonds. The van der Waals surface area contributed by atoms with E-state index in [-0.39, 0.29) is 23.0 Å². The minimum atomic E-state index is -2.97. The van der Waals surface area contributed by atoms with Crippen molar-refractivity contribution in [2.24, 2.45) is 0 Å². The summed E-state index contributed by atoms with van der Waals surface area (Å²) < 4.78 is 39.0. The Labute approximate surface area is 153 Å². The van der Waals surface area contributed by atoms with Gasteiger partial charge in [0.25, 0.3) is 0 Å². The molecule has 2 aromatic carbocycles. The third kappa shape index (κ3) is 6.10. The van der Waals surface area contributed by atoms with Crippen molar-refractivity contribution in [3.8, 4) is 17.2 Å². The molecule has 2 aromatic rings. The van der Waals surface area contributed by atoms with Gasteiger partial charge in [-0.15, -0.1) is 0 Å². The van der Waals surface area contributed by atoms with Gasteiger partial charge in [-0.2, -0.15) is 8.78 Å². The summed E-state index contributed by atoms with van der Waals surface area (Å²) in [7, 11) is 1.31. The monoisotopic (exact) mass is 378 g/mol. The lowest BCUT2D eigenvalue weighted by Gasteiger charge is -2.10. The summed E-state index contributed by atoms with van der Waals surface area (Å²) in [6.07, 6.45) is 2.78. The van der Waals surface area contributed by atoms with E-state index in [1.54, 1.807) is 12.1 Å². The number of hydrogen-bond acceptors (Lipinski definition) is 5. The van der Waals surface area contributed by atoms with Crippen molar-refractivity contribution >= 4 is 17.8 Å². The van der Waals surface area contributed by atoms with Gasteiger partial charge in [0, 0.05) is 5.56 Å². The van der Waals surface area contributed by atoms with Crippen molar-refractivity contribution in [2.45, 2.75) is 6.61 Å². The van der Waals surface area contributed by atoms with Crippen molar-refractivity contribution in [3.63, 3.8) is 0 Å². The van der Waals surface area contributed by atoms with E-state index in [1.165, 1.54) is 49.6 Å². The van der Waals surface area contributed by atoms with E-state index >= 15 is 0 Å². The highest BCUT2D eigenvalue weighted by atomic mass is 19.3. The van der Waals surface area contributed by atoms with Crippen molar-refractivity contribution in [1.82, 2.24) is 0 Å². The molecule has 0 aliphatic heterocycles. The fourth-order valence-electron chi connectivity index (χ4n) is 2.13. The van der Waals surface area contributed by atoms with E-state index in [4.69, 9.17) is 14.6 Å². The van der Waals surface area contributed by atoms with Gasteiger partial charge in [-0.05, 0) is 35.9 Å². The lowest BCUT2D eigenvalue weighted by Crippen LogP contribution is -2.09. The van der Waals surface area contributed by atoms with Crippen LogP contribution in [0.2, 0.25) is 0 Å². The number of halogens is 2. The van der Waals surface area contributed by atoms with Crippen LogP contribution in [-0.4, -0.2) is 37.2 Å². The van der Waals surface area contributed by atoms with Crippen LogP contribution in [0.5, 0.6) is 17.2 Å². The number of rotatable bonds is 9. The Morgan fingerprint density at radius 1 is 1.15 bits per heavy atom. The number of ketones is 1. The van der Waals surface area contributed by atoms with Crippen LogP contribution in [0, 0.1) is 0 Å². The fraction of sp³-hybridized carbons (Fsp3) is 0.158. The molecular formula is C19H16F2O6. The summed E-state index contributed by atoms with van der Waals surface area (Å²) in [4.78, 5) is 22.8. The highest BCUT2D eigenvalue weighted by molar-refractivity contribution is 6.07. The van der Waals surface area contributed by atoms with Crippen LogP contribution in [0.25, 0.3) is 6.08 Å². The van der Waals surface area contributed by atoms with E-state index in [9.17, 15) is 18.4 Å². The Kier molecular flexibility index (Phi) is 6.87. The molecule has 0 saturated carbocycles. The molecule has 8 heteroatoms. The first-order valence-electron chi connectivity index (χ1n) is 7.69. The van der Waals surface area contributed by atoms with Crippen LogP contribution in [0.3, 0.4) is 0 Å². The van der Waals surface area contributed by atoms with Gasteiger partial charge in [-0.3, -0.25) is 4.79 Å². The molecule has 0 saturated heterocycles. The molecule has 2 rings (SSSR count). The van der Waals surface area contributed by atoms with Crippen LogP contribution < -0.4 is 14.2 Å². The third-order valence-electron chi connectivity index (χ3n) is 3.31. The third-order valence-corrected chi connectivity index (χ3v) is 3.31. The number of methoxy groups -OCH3 is 1. The lowest BCUT2D eigenvalue weighted by atomic mass is 10.1. The molecule has 0 spiro atoms. The summed E-state index contributed by atoms with van der Waals surface area (Å²) in [5.41, 5.74) is 0.846. The average molecular weight is 378 g/mol. The van der Waals surface area contributed by atoms with Gasteiger partial charge < -0.3 is 19.3 Å². The molecule has 0 bridgehead atoms. The number of carboxylic acid groups (broad SMARTS) is 1. The summed E-state index contributed by atoms with van der Waals surface area (Å²) in [6, 6.07) is 10.4. The molecule has 27 heavy (non-hydrogen) atoms. The number of ether oxygens (including phenoxy) is 3. The van der Waals surface area contributed by atoms with Crippen LogP contribution in [0.4, 0.5) is 8.78 Å². The van der Waals surface area contributed by atoms with Gasteiger partial charge in [0.15, 0.2) is 23.9 Å². The van der Waals surface area contributed by atoms with Crippen LogP contribution in [-0.2, 0) is 4.79 Å². The van der Waals surface area contributed by atoms with Crippen LogP contribution in [0.1, 0.15) is 15.9 Å². The van der Waals surface area contributed by atoms with Crippen molar-refractivity contribution in [1.29, 1.82) is 0 Å². The number of aliphatic carboxylic acids is 1. The Morgan fingerprint density at radius 3 is 2.59 bits per heavy atom. The number of allylic oxidation sites excluding steroid dienone is 1. The predicted molar refractivity (Wildman–Crippen MR) is 92.6 cm³/mol. The summed E-state index contributed by atoms with van der Waals surface area (Å²) in [5, 5.41) is 8.61. The predicted octanol–water partition coefficient (Wildman–Crippen LogP) is 3.66. The van der Waals surface area contributed by atoms with Gasteiger partial charge in [0.1, 0.15) is 5.75 Å². The van der Waals surface area contributed by atoms with E-state index in [2.05, 4.69) is 4.74 Å². The van der Waals surface area contributed by atoms with Crippen molar-refractivity contribution < 1.29 is 37.7 Å². The van der Waals surface area contributed by atoms with Crippen LogP contribution >= 0.6 is 0 Å². The Morgan fingerprint density at radius 2 is 1.93 bits per heavy atom. The first-order valence-corrected chi connectivity index (χ1v) is 7.69. The number of alkyl halides is 2. The second-order valence-corrected chi connectivity index (χ2v) is 5.20. The standard InChI is InChI=1S/C19H16F2O6/c1-25-17-9-12(6-8-16(17)27-19(20)21)5-7-15(22)13-3-2-4-14(10-13)26-11-18(23)24/h2-10,19H,11H2,1H3,(H,23,24)/b7-5+. The molecule has 0 radical (unpaired) electrons.